The summed E-state index contributed by atoms with van der Waals surface area (Å²) in [5, 5.41) is 0. The molecule has 0 aromatic rings. The van der Waals surface area contributed by atoms with Crippen LogP contribution in [0.2, 0.25) is 0 Å². The highest BCUT2D eigenvalue weighted by atomic mass is 16.6. The van der Waals surface area contributed by atoms with Crippen molar-refractivity contribution < 1.29 is 28.6 Å². The Kier molecular flexibility index (Phi) is 48.6. The molecule has 0 bridgehead atoms. The van der Waals surface area contributed by atoms with Gasteiger partial charge < -0.3 is 14.2 Å². The van der Waals surface area contributed by atoms with Gasteiger partial charge in [-0.1, -0.05) is 279 Å². The van der Waals surface area contributed by atoms with Crippen molar-refractivity contribution in [2.75, 3.05) is 13.2 Å². The third-order valence-corrected chi connectivity index (χ3v) is 13.0. The summed E-state index contributed by atoms with van der Waals surface area (Å²) < 4.78 is 16.8. The van der Waals surface area contributed by atoms with Crippen molar-refractivity contribution in [2.45, 2.75) is 323 Å². The molecule has 0 N–H and O–H groups in total. The largest absolute Gasteiger partial charge is 0.462 e. The average molecular weight is 892 g/mol. The van der Waals surface area contributed by atoms with E-state index in [1.807, 2.05) is 0 Å². The van der Waals surface area contributed by atoms with Crippen molar-refractivity contribution >= 4 is 17.9 Å². The molecule has 0 aliphatic carbocycles. The number of unbranched alkanes of at least 4 members (excludes halogenated alkanes) is 36. The molecular weight excluding hydrogens is 781 g/mol. The number of ether oxygens (including phenoxy) is 3. The van der Waals surface area contributed by atoms with E-state index >= 15 is 0 Å². The second-order valence-corrected chi connectivity index (χ2v) is 20.5. The molecule has 0 spiro atoms. The molecule has 63 heavy (non-hydrogen) atoms. The number of hydrogen-bond donors (Lipinski definition) is 0. The van der Waals surface area contributed by atoms with Crippen molar-refractivity contribution in [3.63, 3.8) is 0 Å². The van der Waals surface area contributed by atoms with Gasteiger partial charge in [0.15, 0.2) is 6.10 Å². The van der Waals surface area contributed by atoms with Crippen LogP contribution < -0.4 is 0 Å². The van der Waals surface area contributed by atoms with E-state index in [0.29, 0.717) is 19.3 Å². The maximum atomic E-state index is 12.8. The standard InChI is InChI=1S/C57H110O6/c1-6-7-8-9-10-11-27-34-39-44-49-57(60)63-54(51-62-56(59)48-43-38-33-29-24-20-16-15-18-22-26-31-36-41-46-53(4)5)50-61-55(58)47-42-37-32-28-23-19-14-12-13-17-21-25-30-35-40-45-52(2)3/h52-54H,6-51H2,1-5H3/t54-/m0/s1. The molecule has 0 heterocycles. The first-order chi connectivity index (χ1) is 30.7. The summed E-state index contributed by atoms with van der Waals surface area (Å²) in [6.45, 7) is 11.4. The lowest BCUT2D eigenvalue weighted by atomic mass is 10.0. The summed E-state index contributed by atoms with van der Waals surface area (Å²) >= 11 is 0. The normalized spacial score (nSPS) is 12.0. The zero-order valence-electron chi connectivity index (χ0n) is 43.2. The molecule has 0 aromatic heterocycles. The molecule has 0 rings (SSSR count). The SMILES string of the molecule is CCCCCCCCCCCCC(=O)O[C@@H](COC(=O)CCCCCCCCCCCCCCCCCC(C)C)COC(=O)CCCCCCCCCCCCCCCCC(C)C. The molecule has 374 valence electrons. The first-order valence-electron chi connectivity index (χ1n) is 28.2. The van der Waals surface area contributed by atoms with Crippen LogP contribution >= 0.6 is 0 Å². The highest BCUT2D eigenvalue weighted by Crippen LogP contribution is 2.18. The highest BCUT2D eigenvalue weighted by Gasteiger charge is 2.19. The molecule has 0 fully saturated rings. The average Bonchev–Trinajstić information content (AvgIpc) is 3.25. The number of esters is 3. The predicted molar refractivity (Wildman–Crippen MR) is 270 cm³/mol. The lowest BCUT2D eigenvalue weighted by molar-refractivity contribution is -0.167. The number of hydrogen-bond acceptors (Lipinski definition) is 6. The molecule has 0 aliphatic rings. The Bertz CT molecular complexity index is 962. The zero-order chi connectivity index (χ0) is 46.1. The first kappa shape index (κ1) is 61.4. The van der Waals surface area contributed by atoms with Crippen LogP contribution in [-0.2, 0) is 28.6 Å². The number of carbonyl (C=O) groups excluding carboxylic acids is 3. The van der Waals surface area contributed by atoms with Crippen LogP contribution in [0.5, 0.6) is 0 Å². The van der Waals surface area contributed by atoms with E-state index in [4.69, 9.17) is 14.2 Å². The van der Waals surface area contributed by atoms with Crippen LogP contribution in [0.25, 0.3) is 0 Å². The van der Waals surface area contributed by atoms with Gasteiger partial charge in [-0.05, 0) is 31.1 Å². The first-order valence-corrected chi connectivity index (χ1v) is 28.2. The Balaban J connectivity index is 4.22. The van der Waals surface area contributed by atoms with Gasteiger partial charge in [0.2, 0.25) is 0 Å². The summed E-state index contributed by atoms with van der Waals surface area (Å²) in [6.07, 6.45) is 52.4. The molecule has 0 radical (unpaired) electrons. The minimum atomic E-state index is -0.761. The van der Waals surface area contributed by atoms with E-state index in [0.717, 1.165) is 69.6 Å². The van der Waals surface area contributed by atoms with Crippen molar-refractivity contribution in [1.82, 2.24) is 0 Å². The van der Waals surface area contributed by atoms with Crippen LogP contribution in [0.1, 0.15) is 317 Å². The van der Waals surface area contributed by atoms with Gasteiger partial charge in [-0.25, -0.2) is 0 Å². The van der Waals surface area contributed by atoms with E-state index in [1.54, 1.807) is 0 Å². The Hall–Kier alpha value is -1.59. The van der Waals surface area contributed by atoms with E-state index in [1.165, 1.54) is 205 Å². The van der Waals surface area contributed by atoms with E-state index in [9.17, 15) is 14.4 Å². The number of rotatable bonds is 51. The fraction of sp³-hybridized carbons (Fsp3) is 0.947. The second kappa shape index (κ2) is 49.8. The quantitative estimate of drug-likeness (QED) is 0.0344. The minimum Gasteiger partial charge on any atom is -0.462 e. The van der Waals surface area contributed by atoms with Crippen molar-refractivity contribution in [3.05, 3.63) is 0 Å². The van der Waals surface area contributed by atoms with Crippen LogP contribution in [-0.4, -0.2) is 37.2 Å². The van der Waals surface area contributed by atoms with Crippen LogP contribution in [0, 0.1) is 11.8 Å². The van der Waals surface area contributed by atoms with Gasteiger partial charge in [0, 0.05) is 19.3 Å². The van der Waals surface area contributed by atoms with Gasteiger partial charge in [0.25, 0.3) is 0 Å². The van der Waals surface area contributed by atoms with Crippen LogP contribution in [0.3, 0.4) is 0 Å². The predicted octanol–water partition coefficient (Wildman–Crippen LogP) is 18.5. The Morgan fingerprint density at radius 3 is 0.778 bits per heavy atom. The Labute approximate surface area is 393 Å². The molecular formula is C57H110O6. The molecule has 1 atom stereocenters. The van der Waals surface area contributed by atoms with Crippen LogP contribution in [0.15, 0.2) is 0 Å². The fourth-order valence-corrected chi connectivity index (χ4v) is 8.70. The summed E-state index contributed by atoms with van der Waals surface area (Å²) in [5.74, 6) is 0.852. The maximum Gasteiger partial charge on any atom is 0.306 e. The summed E-state index contributed by atoms with van der Waals surface area (Å²) in [4.78, 5) is 38.0. The third kappa shape index (κ3) is 51.3. The number of carbonyl (C=O) groups is 3. The molecule has 0 aromatic carbocycles. The second-order valence-electron chi connectivity index (χ2n) is 20.5. The molecule has 6 nitrogen and oxygen atoms in total. The molecule has 0 saturated carbocycles. The molecule has 6 heteroatoms. The minimum absolute atomic E-state index is 0.0629. The van der Waals surface area contributed by atoms with Gasteiger partial charge in [0.05, 0.1) is 0 Å². The van der Waals surface area contributed by atoms with Crippen molar-refractivity contribution in [1.29, 1.82) is 0 Å². The van der Waals surface area contributed by atoms with Crippen LogP contribution in [0.4, 0.5) is 0 Å². The molecule has 0 aliphatic heterocycles. The van der Waals surface area contributed by atoms with E-state index < -0.39 is 6.10 Å². The monoisotopic (exact) mass is 891 g/mol. The van der Waals surface area contributed by atoms with Gasteiger partial charge in [0.1, 0.15) is 13.2 Å². The lowest BCUT2D eigenvalue weighted by Gasteiger charge is -2.18. The molecule has 0 saturated heterocycles. The van der Waals surface area contributed by atoms with Crippen molar-refractivity contribution in [3.8, 4) is 0 Å². The topological polar surface area (TPSA) is 78.9 Å². The van der Waals surface area contributed by atoms with Crippen molar-refractivity contribution in [2.24, 2.45) is 11.8 Å². The van der Waals surface area contributed by atoms with E-state index in [2.05, 4.69) is 34.6 Å². The lowest BCUT2D eigenvalue weighted by Crippen LogP contribution is -2.30. The zero-order valence-corrected chi connectivity index (χ0v) is 43.2. The summed E-state index contributed by atoms with van der Waals surface area (Å²) in [5.41, 5.74) is 0. The smallest absolute Gasteiger partial charge is 0.306 e. The molecule has 0 unspecified atom stereocenters. The fourth-order valence-electron chi connectivity index (χ4n) is 8.70. The van der Waals surface area contributed by atoms with Gasteiger partial charge >= 0.3 is 17.9 Å². The Morgan fingerprint density at radius 1 is 0.302 bits per heavy atom. The van der Waals surface area contributed by atoms with Gasteiger partial charge in [-0.3, -0.25) is 14.4 Å². The molecule has 0 amide bonds. The Morgan fingerprint density at radius 2 is 0.524 bits per heavy atom. The summed E-state index contributed by atoms with van der Waals surface area (Å²) in [7, 11) is 0. The summed E-state index contributed by atoms with van der Waals surface area (Å²) in [6, 6.07) is 0. The third-order valence-electron chi connectivity index (χ3n) is 13.0. The van der Waals surface area contributed by atoms with Gasteiger partial charge in [-0.2, -0.15) is 0 Å². The van der Waals surface area contributed by atoms with Gasteiger partial charge in [-0.15, -0.1) is 0 Å². The maximum absolute atomic E-state index is 12.8. The van der Waals surface area contributed by atoms with E-state index in [-0.39, 0.29) is 31.1 Å². The highest BCUT2D eigenvalue weighted by molar-refractivity contribution is 5.71.